The van der Waals surface area contributed by atoms with Gasteiger partial charge in [-0.3, -0.25) is 9.59 Å². The number of hydrogen-bond acceptors (Lipinski definition) is 2. The predicted octanol–water partition coefficient (Wildman–Crippen LogP) is 3.91. The first-order valence-corrected chi connectivity index (χ1v) is 10.7. The molecule has 2 aromatic rings. The van der Waals surface area contributed by atoms with Crippen molar-refractivity contribution in [3.63, 3.8) is 0 Å². The summed E-state index contributed by atoms with van der Waals surface area (Å²) < 4.78 is 0. The van der Waals surface area contributed by atoms with Crippen LogP contribution in [0.3, 0.4) is 0 Å². The first-order chi connectivity index (χ1) is 14.0. The number of aryl methyl sites for hydroxylation is 2. The molecule has 0 aromatic heterocycles. The summed E-state index contributed by atoms with van der Waals surface area (Å²) >= 11 is 0. The van der Waals surface area contributed by atoms with Gasteiger partial charge in [-0.05, 0) is 30.5 Å². The van der Waals surface area contributed by atoms with Crippen LogP contribution in [0.25, 0.3) is 0 Å². The molecule has 4 rings (SSSR count). The van der Waals surface area contributed by atoms with Gasteiger partial charge in [-0.1, -0.05) is 61.0 Å². The predicted molar refractivity (Wildman–Crippen MR) is 114 cm³/mol. The SMILES string of the molecule is CCC(=O)N1C[C@H]2CN(C(=O)Cc3cccc(C)c3)[C@H](c3ccccc3C)[C@H]2C1. The van der Waals surface area contributed by atoms with E-state index in [1.165, 1.54) is 16.7 Å². The molecule has 0 radical (unpaired) electrons. The van der Waals surface area contributed by atoms with E-state index in [1.54, 1.807) is 0 Å². The molecule has 0 spiro atoms. The third kappa shape index (κ3) is 3.81. The number of fused-ring (bicyclic) bond motifs is 1. The third-order valence-electron chi connectivity index (χ3n) is 6.58. The molecule has 29 heavy (non-hydrogen) atoms. The maximum absolute atomic E-state index is 13.4. The first kappa shape index (κ1) is 19.7. The summed E-state index contributed by atoms with van der Waals surface area (Å²) in [5.74, 6) is 1.08. The number of benzene rings is 2. The van der Waals surface area contributed by atoms with Crippen LogP contribution in [0.15, 0.2) is 48.5 Å². The van der Waals surface area contributed by atoms with Crippen molar-refractivity contribution >= 4 is 11.8 Å². The minimum atomic E-state index is 0.0492. The molecule has 2 aromatic carbocycles. The van der Waals surface area contributed by atoms with Crippen molar-refractivity contribution in [1.82, 2.24) is 9.80 Å². The Morgan fingerprint density at radius 1 is 0.966 bits per heavy atom. The summed E-state index contributed by atoms with van der Waals surface area (Å²) in [6, 6.07) is 16.6. The van der Waals surface area contributed by atoms with Crippen molar-refractivity contribution in [2.24, 2.45) is 11.8 Å². The van der Waals surface area contributed by atoms with E-state index in [1.807, 2.05) is 30.0 Å². The van der Waals surface area contributed by atoms with Crippen LogP contribution in [-0.2, 0) is 16.0 Å². The zero-order valence-corrected chi connectivity index (χ0v) is 17.6. The second-order valence-electron chi connectivity index (χ2n) is 8.59. The van der Waals surface area contributed by atoms with Crippen LogP contribution in [0, 0.1) is 25.7 Å². The maximum Gasteiger partial charge on any atom is 0.227 e. The second kappa shape index (κ2) is 8.02. The zero-order valence-electron chi connectivity index (χ0n) is 17.6. The molecule has 0 bridgehead atoms. The Balaban J connectivity index is 1.62. The number of nitrogens with zero attached hydrogens (tertiary/aromatic N) is 2. The number of hydrogen-bond donors (Lipinski definition) is 0. The smallest absolute Gasteiger partial charge is 0.227 e. The van der Waals surface area contributed by atoms with Crippen molar-refractivity contribution in [2.45, 2.75) is 39.7 Å². The lowest BCUT2D eigenvalue weighted by Gasteiger charge is -2.31. The van der Waals surface area contributed by atoms with E-state index >= 15 is 0 Å². The monoisotopic (exact) mass is 390 g/mol. The lowest BCUT2D eigenvalue weighted by Crippen LogP contribution is -2.38. The molecule has 2 aliphatic rings. The fourth-order valence-electron chi connectivity index (χ4n) is 5.14. The van der Waals surface area contributed by atoms with Gasteiger partial charge in [0.1, 0.15) is 0 Å². The number of carbonyl (C=O) groups excluding carboxylic acids is 2. The Hall–Kier alpha value is -2.62. The van der Waals surface area contributed by atoms with Gasteiger partial charge in [0, 0.05) is 37.9 Å². The zero-order chi connectivity index (χ0) is 20.5. The highest BCUT2D eigenvalue weighted by Crippen LogP contribution is 2.46. The van der Waals surface area contributed by atoms with Gasteiger partial charge in [-0.25, -0.2) is 0 Å². The summed E-state index contributed by atoms with van der Waals surface area (Å²) in [6.07, 6.45) is 0.978. The van der Waals surface area contributed by atoms with Crippen LogP contribution in [-0.4, -0.2) is 41.2 Å². The number of likely N-dealkylation sites (tertiary alicyclic amines) is 2. The van der Waals surface area contributed by atoms with Gasteiger partial charge in [0.25, 0.3) is 0 Å². The highest BCUT2D eigenvalue weighted by atomic mass is 16.2. The Bertz CT molecular complexity index is 923. The Labute approximate surface area is 173 Å². The van der Waals surface area contributed by atoms with Crippen molar-refractivity contribution in [2.75, 3.05) is 19.6 Å². The Morgan fingerprint density at radius 3 is 2.48 bits per heavy atom. The van der Waals surface area contributed by atoms with Gasteiger partial charge in [-0.15, -0.1) is 0 Å². The summed E-state index contributed by atoms with van der Waals surface area (Å²) in [7, 11) is 0. The van der Waals surface area contributed by atoms with Crippen LogP contribution in [0.5, 0.6) is 0 Å². The second-order valence-corrected chi connectivity index (χ2v) is 8.59. The van der Waals surface area contributed by atoms with Gasteiger partial charge < -0.3 is 9.80 Å². The van der Waals surface area contributed by atoms with Crippen molar-refractivity contribution in [3.8, 4) is 0 Å². The van der Waals surface area contributed by atoms with Crippen LogP contribution in [0.4, 0.5) is 0 Å². The van der Waals surface area contributed by atoms with Crippen LogP contribution >= 0.6 is 0 Å². The lowest BCUT2D eigenvalue weighted by atomic mass is 9.87. The minimum Gasteiger partial charge on any atom is -0.342 e. The first-order valence-electron chi connectivity index (χ1n) is 10.7. The number of amides is 2. The average Bonchev–Trinajstić information content (AvgIpc) is 3.26. The van der Waals surface area contributed by atoms with Gasteiger partial charge in [0.15, 0.2) is 0 Å². The fourth-order valence-corrected chi connectivity index (χ4v) is 5.14. The van der Waals surface area contributed by atoms with E-state index in [2.05, 4.69) is 49.1 Å². The molecule has 4 nitrogen and oxygen atoms in total. The molecule has 3 atom stereocenters. The normalized spacial score (nSPS) is 23.3. The van der Waals surface area contributed by atoms with E-state index in [4.69, 9.17) is 0 Å². The van der Waals surface area contributed by atoms with Crippen LogP contribution in [0.1, 0.15) is 41.6 Å². The van der Waals surface area contributed by atoms with Crippen LogP contribution in [0.2, 0.25) is 0 Å². The molecule has 0 aliphatic carbocycles. The van der Waals surface area contributed by atoms with E-state index in [0.717, 1.165) is 25.2 Å². The number of rotatable bonds is 4. The van der Waals surface area contributed by atoms with Crippen molar-refractivity contribution < 1.29 is 9.59 Å². The van der Waals surface area contributed by atoms with Crippen LogP contribution < -0.4 is 0 Å². The average molecular weight is 391 g/mol. The molecule has 0 saturated carbocycles. The summed E-state index contributed by atoms with van der Waals surface area (Å²) in [6.45, 7) is 8.37. The summed E-state index contributed by atoms with van der Waals surface area (Å²) in [5.41, 5.74) is 4.69. The van der Waals surface area contributed by atoms with E-state index in [9.17, 15) is 9.59 Å². The third-order valence-corrected chi connectivity index (χ3v) is 6.58. The van der Waals surface area contributed by atoms with Crippen molar-refractivity contribution in [3.05, 3.63) is 70.8 Å². The minimum absolute atomic E-state index is 0.0492. The molecular weight excluding hydrogens is 360 g/mol. The summed E-state index contributed by atoms with van der Waals surface area (Å²) in [5, 5.41) is 0. The highest BCUT2D eigenvalue weighted by Gasteiger charge is 2.49. The standard InChI is InChI=1S/C25H30N2O2/c1-4-23(28)26-14-20-15-27(24(29)13-19-10-7-8-17(2)12-19)25(22(20)16-26)21-11-6-5-9-18(21)3/h5-12,20,22,25H,4,13-16H2,1-3H3/t20-,22-,25+/m0/s1. The quantitative estimate of drug-likeness (QED) is 0.794. The molecule has 2 saturated heterocycles. The topological polar surface area (TPSA) is 40.6 Å². The highest BCUT2D eigenvalue weighted by molar-refractivity contribution is 5.80. The molecule has 4 heteroatoms. The largest absolute Gasteiger partial charge is 0.342 e. The lowest BCUT2D eigenvalue weighted by molar-refractivity contribution is -0.132. The molecular formula is C25H30N2O2. The molecule has 0 unspecified atom stereocenters. The molecule has 2 fully saturated rings. The van der Waals surface area contributed by atoms with Gasteiger partial charge in [0.05, 0.1) is 12.5 Å². The fraction of sp³-hybridized carbons (Fsp3) is 0.440. The Kier molecular flexibility index (Phi) is 5.44. The number of carbonyl (C=O) groups is 2. The van der Waals surface area contributed by atoms with Gasteiger partial charge in [-0.2, -0.15) is 0 Å². The maximum atomic E-state index is 13.4. The molecule has 152 valence electrons. The molecule has 2 aliphatic heterocycles. The molecule has 0 N–H and O–H groups in total. The molecule has 2 heterocycles. The Morgan fingerprint density at radius 2 is 1.76 bits per heavy atom. The summed E-state index contributed by atoms with van der Waals surface area (Å²) in [4.78, 5) is 29.8. The van der Waals surface area contributed by atoms with Crippen molar-refractivity contribution in [1.29, 1.82) is 0 Å². The van der Waals surface area contributed by atoms with E-state index in [-0.39, 0.29) is 17.9 Å². The van der Waals surface area contributed by atoms with E-state index < -0.39 is 0 Å². The van der Waals surface area contributed by atoms with Gasteiger partial charge >= 0.3 is 0 Å². The molecule has 2 amide bonds. The van der Waals surface area contributed by atoms with Gasteiger partial charge in [0.2, 0.25) is 11.8 Å². The van der Waals surface area contributed by atoms with E-state index in [0.29, 0.717) is 24.7 Å².